The van der Waals surface area contributed by atoms with E-state index in [4.69, 9.17) is 18.0 Å². The van der Waals surface area contributed by atoms with Gasteiger partial charge in [-0.25, -0.2) is 0 Å². The first-order valence-electron chi connectivity index (χ1n) is 5.56. The van der Waals surface area contributed by atoms with Gasteiger partial charge in [0, 0.05) is 12.6 Å². The Morgan fingerprint density at radius 1 is 1.53 bits per heavy atom. The highest BCUT2D eigenvalue weighted by atomic mass is 32.1. The molecule has 4 heteroatoms. The summed E-state index contributed by atoms with van der Waals surface area (Å²) in [5, 5.41) is 0. The first-order chi connectivity index (χ1) is 6.95. The average molecular weight is 228 g/mol. The Bertz CT molecular complexity index is 272. The van der Waals surface area contributed by atoms with Crippen LogP contribution in [-0.4, -0.2) is 28.4 Å². The molecule has 2 N–H and O–H groups in total. The molecule has 1 aliphatic rings. The van der Waals surface area contributed by atoms with Crippen LogP contribution in [0, 0.1) is 5.41 Å². The fraction of sp³-hybridized carbons (Fsp3) is 0.818. The van der Waals surface area contributed by atoms with Crippen molar-refractivity contribution in [1.82, 2.24) is 4.90 Å². The lowest BCUT2D eigenvalue weighted by Crippen LogP contribution is -2.46. The Morgan fingerprint density at radius 3 is 2.33 bits per heavy atom. The van der Waals surface area contributed by atoms with Crippen LogP contribution >= 0.6 is 12.2 Å². The number of carbonyl (C=O) groups excluding carboxylic acids is 1. The fourth-order valence-corrected chi connectivity index (χ4v) is 2.09. The van der Waals surface area contributed by atoms with Gasteiger partial charge in [0.15, 0.2) is 0 Å². The average Bonchev–Trinajstić information content (AvgIpc) is 2.93. The van der Waals surface area contributed by atoms with Crippen LogP contribution in [0.2, 0.25) is 0 Å². The number of nitrogens with two attached hydrogens (primary N) is 1. The van der Waals surface area contributed by atoms with Crippen molar-refractivity contribution in [3.05, 3.63) is 0 Å². The van der Waals surface area contributed by atoms with Gasteiger partial charge >= 0.3 is 0 Å². The molecule has 0 atom stereocenters. The molecule has 0 radical (unpaired) electrons. The van der Waals surface area contributed by atoms with Crippen molar-refractivity contribution in [1.29, 1.82) is 0 Å². The van der Waals surface area contributed by atoms with Gasteiger partial charge in [0.2, 0.25) is 5.91 Å². The Labute approximate surface area is 97.0 Å². The number of amides is 1. The molecule has 1 rings (SSSR count). The lowest BCUT2D eigenvalue weighted by Gasteiger charge is -2.30. The minimum Gasteiger partial charge on any atom is -0.392 e. The van der Waals surface area contributed by atoms with Crippen LogP contribution in [-0.2, 0) is 4.79 Å². The van der Waals surface area contributed by atoms with Crippen LogP contribution in [0.3, 0.4) is 0 Å². The molecule has 1 saturated carbocycles. The van der Waals surface area contributed by atoms with Gasteiger partial charge in [0.25, 0.3) is 0 Å². The summed E-state index contributed by atoms with van der Waals surface area (Å²) in [5.41, 5.74) is 5.16. The summed E-state index contributed by atoms with van der Waals surface area (Å²) in [4.78, 5) is 14.5. The molecular weight excluding hydrogens is 208 g/mol. The largest absolute Gasteiger partial charge is 0.392 e. The van der Waals surface area contributed by atoms with Gasteiger partial charge in [-0.2, -0.15) is 0 Å². The van der Waals surface area contributed by atoms with Crippen LogP contribution in [0.5, 0.6) is 0 Å². The Hall–Kier alpha value is -0.640. The summed E-state index contributed by atoms with van der Waals surface area (Å²) < 4.78 is 0. The van der Waals surface area contributed by atoms with Crippen molar-refractivity contribution in [2.24, 2.45) is 11.1 Å². The van der Waals surface area contributed by atoms with E-state index in [-0.39, 0.29) is 11.9 Å². The molecule has 0 aliphatic heterocycles. The third-order valence-corrected chi connectivity index (χ3v) is 3.37. The zero-order chi connectivity index (χ0) is 11.6. The second-order valence-corrected chi connectivity index (χ2v) is 4.98. The minimum atomic E-state index is -0.491. The van der Waals surface area contributed by atoms with Gasteiger partial charge in [0.1, 0.15) is 0 Å². The third kappa shape index (κ3) is 2.30. The van der Waals surface area contributed by atoms with Gasteiger partial charge in [-0.3, -0.25) is 4.79 Å². The van der Waals surface area contributed by atoms with E-state index in [2.05, 4.69) is 6.92 Å². The monoisotopic (exact) mass is 228 g/mol. The second kappa shape index (κ2) is 4.47. The van der Waals surface area contributed by atoms with E-state index in [1.165, 1.54) is 0 Å². The maximum Gasteiger partial charge on any atom is 0.235 e. The van der Waals surface area contributed by atoms with Gasteiger partial charge in [-0.15, -0.1) is 0 Å². The molecule has 15 heavy (non-hydrogen) atoms. The highest BCUT2D eigenvalue weighted by Gasteiger charge is 2.54. The number of nitrogens with zero attached hydrogens (tertiary/aromatic N) is 1. The van der Waals surface area contributed by atoms with E-state index < -0.39 is 5.41 Å². The third-order valence-electron chi connectivity index (χ3n) is 2.98. The number of rotatable bonds is 5. The Kier molecular flexibility index (Phi) is 3.71. The number of thiocarbonyl (C=S) groups is 1. The van der Waals surface area contributed by atoms with Gasteiger partial charge < -0.3 is 10.6 Å². The quantitative estimate of drug-likeness (QED) is 0.729. The Balaban J connectivity index is 2.77. The van der Waals surface area contributed by atoms with Crippen LogP contribution < -0.4 is 5.73 Å². The van der Waals surface area contributed by atoms with Crippen molar-refractivity contribution in [3.63, 3.8) is 0 Å². The van der Waals surface area contributed by atoms with E-state index in [9.17, 15) is 4.79 Å². The standard InChI is InChI=1S/C11H20N2OS/c1-4-7-13(8(2)3)10(14)11(5-6-11)9(12)15/h8H,4-7H2,1-3H3,(H2,12,15). The molecule has 0 saturated heterocycles. The van der Waals surface area contributed by atoms with Crippen molar-refractivity contribution in [3.8, 4) is 0 Å². The topological polar surface area (TPSA) is 46.3 Å². The normalized spacial score (nSPS) is 17.6. The SMILES string of the molecule is CCCN(C(=O)C1(C(N)=S)CC1)C(C)C. The predicted octanol–water partition coefficient (Wildman–Crippen LogP) is 1.70. The molecule has 0 unspecified atom stereocenters. The number of hydrogen-bond acceptors (Lipinski definition) is 2. The van der Waals surface area contributed by atoms with Crippen LogP contribution in [0.25, 0.3) is 0 Å². The summed E-state index contributed by atoms with van der Waals surface area (Å²) in [5.74, 6) is 0.131. The van der Waals surface area contributed by atoms with Crippen molar-refractivity contribution >= 4 is 23.1 Å². The van der Waals surface area contributed by atoms with E-state index in [0.29, 0.717) is 4.99 Å². The summed E-state index contributed by atoms with van der Waals surface area (Å²) in [6.45, 7) is 6.93. The molecule has 3 nitrogen and oxygen atoms in total. The van der Waals surface area contributed by atoms with E-state index >= 15 is 0 Å². The highest BCUT2D eigenvalue weighted by molar-refractivity contribution is 7.80. The van der Waals surface area contributed by atoms with Crippen molar-refractivity contribution in [2.75, 3.05) is 6.54 Å². The van der Waals surface area contributed by atoms with Crippen LogP contribution in [0.4, 0.5) is 0 Å². The number of hydrogen-bond donors (Lipinski definition) is 1. The molecule has 0 aromatic rings. The molecule has 0 aromatic carbocycles. The summed E-state index contributed by atoms with van der Waals surface area (Å²) in [6.07, 6.45) is 2.62. The van der Waals surface area contributed by atoms with Crippen LogP contribution in [0.15, 0.2) is 0 Å². The maximum atomic E-state index is 12.3. The smallest absolute Gasteiger partial charge is 0.235 e. The molecule has 86 valence electrons. The fourth-order valence-electron chi connectivity index (χ4n) is 1.80. The molecule has 0 bridgehead atoms. The first kappa shape index (κ1) is 12.4. The predicted molar refractivity (Wildman–Crippen MR) is 65.6 cm³/mol. The zero-order valence-corrected chi connectivity index (χ0v) is 10.6. The van der Waals surface area contributed by atoms with Crippen molar-refractivity contribution in [2.45, 2.75) is 46.1 Å². The molecule has 1 fully saturated rings. The van der Waals surface area contributed by atoms with Crippen LogP contribution in [0.1, 0.15) is 40.0 Å². The van der Waals surface area contributed by atoms with Gasteiger partial charge in [-0.1, -0.05) is 19.1 Å². The molecule has 0 aromatic heterocycles. The molecule has 0 heterocycles. The molecular formula is C11H20N2OS. The van der Waals surface area contributed by atoms with Gasteiger partial charge in [-0.05, 0) is 33.1 Å². The summed E-state index contributed by atoms with van der Waals surface area (Å²) >= 11 is 4.99. The van der Waals surface area contributed by atoms with Crippen molar-refractivity contribution < 1.29 is 4.79 Å². The molecule has 0 spiro atoms. The lowest BCUT2D eigenvalue weighted by atomic mass is 10.0. The van der Waals surface area contributed by atoms with E-state index in [0.717, 1.165) is 25.8 Å². The van der Waals surface area contributed by atoms with Gasteiger partial charge in [0.05, 0.1) is 10.4 Å². The highest BCUT2D eigenvalue weighted by Crippen LogP contribution is 2.47. The molecule has 1 aliphatic carbocycles. The van der Waals surface area contributed by atoms with E-state index in [1.54, 1.807) is 0 Å². The minimum absolute atomic E-state index is 0.131. The zero-order valence-electron chi connectivity index (χ0n) is 9.75. The Morgan fingerprint density at radius 2 is 2.07 bits per heavy atom. The number of carbonyl (C=O) groups is 1. The van der Waals surface area contributed by atoms with E-state index in [1.807, 2.05) is 18.7 Å². The second-order valence-electron chi connectivity index (χ2n) is 4.54. The maximum absolute atomic E-state index is 12.3. The molecule has 1 amide bonds. The summed E-state index contributed by atoms with van der Waals surface area (Å²) in [6, 6.07) is 0.226. The summed E-state index contributed by atoms with van der Waals surface area (Å²) in [7, 11) is 0. The lowest BCUT2D eigenvalue weighted by molar-refractivity contribution is -0.136. The first-order valence-corrected chi connectivity index (χ1v) is 5.97.